The molecule has 0 spiro atoms. The van der Waals surface area contributed by atoms with Crippen LogP contribution in [0, 0.1) is 5.92 Å². The van der Waals surface area contributed by atoms with Gasteiger partial charge in [-0.3, -0.25) is 9.59 Å². The Hall–Kier alpha value is -0.600. The molecule has 2 rings (SSSR count). The number of nitrogens with one attached hydrogen (secondary N) is 1. The van der Waals surface area contributed by atoms with Gasteiger partial charge in [0.15, 0.2) is 5.17 Å². The van der Waals surface area contributed by atoms with E-state index >= 15 is 0 Å². The van der Waals surface area contributed by atoms with Crippen LogP contribution in [0.4, 0.5) is 0 Å². The summed E-state index contributed by atoms with van der Waals surface area (Å²) in [7, 11) is 0. The van der Waals surface area contributed by atoms with Crippen LogP contribution in [0.1, 0.15) is 39.5 Å². The first-order chi connectivity index (χ1) is 11.0. The van der Waals surface area contributed by atoms with Gasteiger partial charge >= 0.3 is 0 Å². The molecule has 2 atom stereocenters. The topological polar surface area (TPSA) is 61.8 Å². The van der Waals surface area contributed by atoms with Crippen molar-refractivity contribution < 1.29 is 9.59 Å². The fourth-order valence-electron chi connectivity index (χ4n) is 2.79. The maximum atomic E-state index is 12.1. The average molecular weight is 374 g/mol. The second kappa shape index (κ2) is 9.03. The van der Waals surface area contributed by atoms with Crippen LogP contribution in [-0.4, -0.2) is 50.3 Å². The zero-order valence-corrected chi connectivity index (χ0v) is 16.0. The molecule has 2 amide bonds. The Labute approximate surface area is 151 Å². The highest BCUT2D eigenvalue weighted by Gasteiger charge is 2.36. The molecule has 1 heterocycles. The fourth-order valence-corrected chi connectivity index (χ4v) is 5.29. The summed E-state index contributed by atoms with van der Waals surface area (Å²) in [5, 5.41) is 3.49. The fraction of sp³-hybridized carbons (Fsp3) is 0.733. The van der Waals surface area contributed by atoms with Crippen LogP contribution in [0.3, 0.4) is 0 Å². The molecule has 2 aliphatic rings. The van der Waals surface area contributed by atoms with Crippen LogP contribution in [-0.2, 0) is 9.59 Å². The second-order valence-electron chi connectivity index (χ2n) is 5.58. The number of thioether (sulfide) groups is 2. The quantitative estimate of drug-likeness (QED) is 0.765. The van der Waals surface area contributed by atoms with Crippen molar-refractivity contribution in [2.75, 3.05) is 18.8 Å². The minimum atomic E-state index is -0.155. The van der Waals surface area contributed by atoms with Crippen LogP contribution < -0.4 is 5.32 Å². The van der Waals surface area contributed by atoms with E-state index in [1.807, 2.05) is 18.7 Å². The second-order valence-corrected chi connectivity index (χ2v) is 8.41. The van der Waals surface area contributed by atoms with Crippen molar-refractivity contribution in [2.45, 2.75) is 44.8 Å². The van der Waals surface area contributed by atoms with E-state index in [1.165, 1.54) is 11.8 Å². The zero-order valence-electron chi connectivity index (χ0n) is 13.5. The molecule has 128 valence electrons. The molecule has 0 aromatic carbocycles. The number of carbonyl (C=O) groups is 2. The molecule has 2 unspecified atom stereocenters. The van der Waals surface area contributed by atoms with Crippen LogP contribution in [0.2, 0.25) is 0 Å². The molecular weight excluding hydrogens is 350 g/mol. The summed E-state index contributed by atoms with van der Waals surface area (Å²) < 4.78 is 0.729. The van der Waals surface area contributed by atoms with Gasteiger partial charge in [0.05, 0.1) is 11.7 Å². The lowest BCUT2D eigenvalue weighted by molar-refractivity contribution is -0.122. The third-order valence-corrected chi connectivity index (χ3v) is 6.90. The van der Waals surface area contributed by atoms with Crippen molar-refractivity contribution in [1.29, 1.82) is 0 Å². The summed E-state index contributed by atoms with van der Waals surface area (Å²) in [6.07, 6.45) is 4.20. The molecule has 5 nitrogen and oxygen atoms in total. The molecule has 1 saturated carbocycles. The molecule has 23 heavy (non-hydrogen) atoms. The van der Waals surface area contributed by atoms with E-state index in [-0.39, 0.29) is 28.7 Å². The van der Waals surface area contributed by atoms with Crippen LogP contribution in [0.5, 0.6) is 0 Å². The summed E-state index contributed by atoms with van der Waals surface area (Å²) >= 11 is 8.20. The third-order valence-electron chi connectivity index (χ3n) is 4.09. The van der Waals surface area contributed by atoms with E-state index in [0.29, 0.717) is 5.17 Å². The summed E-state index contributed by atoms with van der Waals surface area (Å²) in [6, 6.07) is 0. The summed E-state index contributed by atoms with van der Waals surface area (Å²) in [6.45, 7) is 5.75. The lowest BCUT2D eigenvalue weighted by atomic mass is 9.88. The van der Waals surface area contributed by atoms with Crippen molar-refractivity contribution in [3.63, 3.8) is 0 Å². The first kappa shape index (κ1) is 18.7. The first-order valence-corrected chi connectivity index (χ1v) is 10.3. The third kappa shape index (κ3) is 5.19. The Kier molecular flexibility index (Phi) is 7.36. The average Bonchev–Trinajstić information content (AvgIpc) is 2.54. The number of hydrogen-bond acceptors (Lipinski definition) is 5. The number of rotatable bonds is 4. The Balaban J connectivity index is 1.83. The first-order valence-electron chi connectivity index (χ1n) is 8.05. The molecule has 0 aromatic heterocycles. The molecule has 0 aromatic rings. The highest BCUT2D eigenvalue weighted by Crippen LogP contribution is 2.37. The minimum Gasteiger partial charge on any atom is -0.358 e. The number of amidine groups is 1. The van der Waals surface area contributed by atoms with Crippen molar-refractivity contribution >= 4 is 57.0 Å². The van der Waals surface area contributed by atoms with Gasteiger partial charge < -0.3 is 10.2 Å². The number of aliphatic imine (C=N–C) groups is 1. The number of carbonyl (C=O) groups excluding carboxylic acids is 2. The number of thiocarbonyl (C=S) groups is 1. The molecule has 0 bridgehead atoms. The smallest absolute Gasteiger partial charge is 0.252 e. The van der Waals surface area contributed by atoms with Crippen molar-refractivity contribution in [3.05, 3.63) is 0 Å². The van der Waals surface area contributed by atoms with E-state index in [4.69, 9.17) is 12.2 Å². The zero-order chi connectivity index (χ0) is 16.8. The van der Waals surface area contributed by atoms with E-state index in [2.05, 4.69) is 10.3 Å². The van der Waals surface area contributed by atoms with Gasteiger partial charge in [-0.1, -0.05) is 48.6 Å². The Morgan fingerprint density at radius 2 is 2.09 bits per heavy atom. The van der Waals surface area contributed by atoms with E-state index in [9.17, 15) is 9.59 Å². The van der Waals surface area contributed by atoms with Gasteiger partial charge in [0.1, 0.15) is 4.32 Å². The van der Waals surface area contributed by atoms with Crippen LogP contribution >= 0.6 is 35.7 Å². The molecule has 0 saturated heterocycles. The van der Waals surface area contributed by atoms with Crippen molar-refractivity contribution in [1.82, 2.24) is 10.2 Å². The number of amides is 2. The normalized spacial score (nSPS) is 23.7. The van der Waals surface area contributed by atoms with Crippen LogP contribution in [0.15, 0.2) is 4.99 Å². The molecule has 1 N–H and O–H groups in total. The monoisotopic (exact) mass is 373 g/mol. The Morgan fingerprint density at radius 1 is 1.39 bits per heavy atom. The van der Waals surface area contributed by atoms with Gasteiger partial charge in [0.2, 0.25) is 5.91 Å². The number of fused-ring (bicyclic) bond motifs is 1. The van der Waals surface area contributed by atoms with Crippen molar-refractivity contribution in [2.24, 2.45) is 10.9 Å². The number of nitrogens with zero attached hydrogens (tertiary/aromatic N) is 2. The summed E-state index contributed by atoms with van der Waals surface area (Å²) in [5.41, 5.74) is 0. The predicted molar refractivity (Wildman–Crippen MR) is 102 cm³/mol. The van der Waals surface area contributed by atoms with Gasteiger partial charge in [-0.15, -0.1) is 0 Å². The lowest BCUT2D eigenvalue weighted by Crippen LogP contribution is -2.40. The summed E-state index contributed by atoms with van der Waals surface area (Å²) in [4.78, 5) is 30.2. The Bertz CT molecular complexity index is 506. The predicted octanol–water partition coefficient (Wildman–Crippen LogP) is 2.65. The van der Waals surface area contributed by atoms with Crippen molar-refractivity contribution in [3.8, 4) is 0 Å². The summed E-state index contributed by atoms with van der Waals surface area (Å²) in [5.74, 6) is 0.0592. The van der Waals surface area contributed by atoms with Gasteiger partial charge in [0, 0.05) is 18.3 Å². The van der Waals surface area contributed by atoms with Gasteiger partial charge in [-0.05, 0) is 26.7 Å². The van der Waals surface area contributed by atoms with Gasteiger partial charge in [-0.2, -0.15) is 4.99 Å². The van der Waals surface area contributed by atoms with E-state index in [0.717, 1.165) is 43.1 Å². The van der Waals surface area contributed by atoms with E-state index < -0.39 is 0 Å². The SMILES string of the molecule is CCN(CC)C(=S)SCC(=O)NC1=NC(=O)C2CCCCC2S1. The Morgan fingerprint density at radius 3 is 2.78 bits per heavy atom. The molecule has 1 aliphatic heterocycles. The van der Waals surface area contributed by atoms with E-state index in [1.54, 1.807) is 11.8 Å². The standard InChI is InChI=1S/C15H23N3O2S3/c1-3-18(4-2)15(21)22-9-12(19)16-14-17-13(20)10-7-5-6-8-11(10)23-14/h10-11H,3-9H2,1-2H3,(H,16,17,19,20). The maximum absolute atomic E-state index is 12.1. The highest BCUT2D eigenvalue weighted by molar-refractivity contribution is 8.23. The van der Waals surface area contributed by atoms with Crippen LogP contribution in [0.25, 0.3) is 0 Å². The molecule has 0 radical (unpaired) electrons. The van der Waals surface area contributed by atoms with Gasteiger partial charge in [0.25, 0.3) is 5.91 Å². The molecule has 1 aliphatic carbocycles. The minimum absolute atomic E-state index is 0.0408. The maximum Gasteiger partial charge on any atom is 0.252 e. The number of hydrogen-bond donors (Lipinski definition) is 1. The largest absolute Gasteiger partial charge is 0.358 e. The molecular formula is C15H23N3O2S3. The highest BCUT2D eigenvalue weighted by atomic mass is 32.2. The molecule has 8 heteroatoms. The molecule has 1 fully saturated rings. The van der Waals surface area contributed by atoms with Gasteiger partial charge in [-0.25, -0.2) is 0 Å². The lowest BCUT2D eigenvalue weighted by Gasteiger charge is -2.32.